The second-order valence-corrected chi connectivity index (χ2v) is 5.04. The van der Waals surface area contributed by atoms with Gasteiger partial charge in [-0.05, 0) is 19.8 Å². The molecule has 1 fully saturated rings. The number of aromatic nitrogens is 2. The summed E-state index contributed by atoms with van der Waals surface area (Å²) >= 11 is 0. The van der Waals surface area contributed by atoms with Gasteiger partial charge in [0.2, 0.25) is 11.8 Å². The number of methoxy groups -OCH3 is 2. The van der Waals surface area contributed by atoms with Crippen LogP contribution in [0.25, 0.3) is 0 Å². The van der Waals surface area contributed by atoms with Crippen LogP contribution in [0.4, 0.5) is 5.95 Å². The lowest BCUT2D eigenvalue weighted by Crippen LogP contribution is -2.39. The van der Waals surface area contributed by atoms with Crippen molar-refractivity contribution in [3.63, 3.8) is 0 Å². The van der Waals surface area contributed by atoms with Crippen molar-refractivity contribution in [2.75, 3.05) is 45.4 Å². The van der Waals surface area contributed by atoms with Crippen molar-refractivity contribution in [1.82, 2.24) is 15.3 Å². The molecule has 1 aromatic heterocycles. The highest BCUT2D eigenvalue weighted by Gasteiger charge is 2.26. The Morgan fingerprint density at radius 2 is 2.25 bits per heavy atom. The van der Waals surface area contributed by atoms with Crippen LogP contribution in [0, 0.1) is 6.92 Å². The Balaban J connectivity index is 2.00. The number of nitrogens with one attached hydrogen (secondary N) is 1. The second kappa shape index (κ2) is 7.40. The fourth-order valence-electron chi connectivity index (χ4n) is 2.51. The molecule has 0 aliphatic carbocycles. The van der Waals surface area contributed by atoms with Crippen molar-refractivity contribution in [1.29, 1.82) is 0 Å². The van der Waals surface area contributed by atoms with E-state index in [0.717, 1.165) is 37.9 Å². The number of hydrogen-bond acceptors (Lipinski definition) is 6. The van der Waals surface area contributed by atoms with Crippen LogP contribution in [0.15, 0.2) is 6.07 Å². The van der Waals surface area contributed by atoms with Crippen molar-refractivity contribution in [3.05, 3.63) is 11.8 Å². The Kier molecular flexibility index (Phi) is 5.55. The summed E-state index contributed by atoms with van der Waals surface area (Å²) in [5.74, 6) is 1.41. The molecule has 0 radical (unpaired) electrons. The van der Waals surface area contributed by atoms with E-state index in [-0.39, 0.29) is 0 Å². The number of anilines is 1. The van der Waals surface area contributed by atoms with Gasteiger partial charge in [-0.2, -0.15) is 4.98 Å². The van der Waals surface area contributed by atoms with Crippen LogP contribution in [-0.2, 0) is 4.74 Å². The molecular formula is C14H24N4O2. The molecule has 0 aromatic carbocycles. The maximum atomic E-state index is 5.23. The average molecular weight is 280 g/mol. The zero-order chi connectivity index (χ0) is 14.4. The van der Waals surface area contributed by atoms with E-state index in [1.807, 2.05) is 13.0 Å². The maximum Gasteiger partial charge on any atom is 0.229 e. The van der Waals surface area contributed by atoms with Crippen LogP contribution >= 0.6 is 0 Å². The quantitative estimate of drug-likeness (QED) is 0.752. The molecule has 1 N–H and O–H groups in total. The molecule has 2 heterocycles. The van der Waals surface area contributed by atoms with E-state index in [9.17, 15) is 0 Å². The summed E-state index contributed by atoms with van der Waals surface area (Å²) in [5, 5.41) is 3.42. The van der Waals surface area contributed by atoms with Gasteiger partial charge in [-0.15, -0.1) is 0 Å². The molecule has 6 nitrogen and oxygen atoms in total. The predicted octanol–water partition coefficient (Wildman–Crippen LogP) is 0.998. The van der Waals surface area contributed by atoms with Crippen LogP contribution in [0.5, 0.6) is 5.88 Å². The highest BCUT2D eigenvalue weighted by molar-refractivity contribution is 5.37. The normalized spacial score (nSPS) is 18.6. The molecule has 1 atom stereocenters. The van der Waals surface area contributed by atoms with Crippen LogP contribution in [-0.4, -0.2) is 56.5 Å². The van der Waals surface area contributed by atoms with Crippen LogP contribution < -0.4 is 15.0 Å². The Hall–Kier alpha value is -1.40. The van der Waals surface area contributed by atoms with Gasteiger partial charge in [0.15, 0.2) is 0 Å². The number of aryl methyl sites for hydroxylation is 1. The standard InChI is InChI=1S/C14H24N4O2/c1-11-9-13(20-3)17-14(16-11)18-7-4-5-12(18)10-15-6-8-19-2/h9,12,15H,4-8,10H2,1-3H3. The van der Waals surface area contributed by atoms with Crippen molar-refractivity contribution in [3.8, 4) is 5.88 Å². The lowest BCUT2D eigenvalue weighted by Gasteiger charge is -2.25. The molecule has 0 bridgehead atoms. The van der Waals surface area contributed by atoms with Crippen molar-refractivity contribution < 1.29 is 9.47 Å². The Morgan fingerprint density at radius 3 is 3.00 bits per heavy atom. The summed E-state index contributed by atoms with van der Waals surface area (Å²) in [6.45, 7) is 5.52. The second-order valence-electron chi connectivity index (χ2n) is 5.04. The molecule has 2 rings (SSSR count). The zero-order valence-corrected chi connectivity index (χ0v) is 12.6. The average Bonchev–Trinajstić information content (AvgIpc) is 2.91. The lowest BCUT2D eigenvalue weighted by molar-refractivity contribution is 0.199. The SMILES string of the molecule is COCCNCC1CCCN1c1nc(C)cc(OC)n1. The smallest absolute Gasteiger partial charge is 0.229 e. The summed E-state index contributed by atoms with van der Waals surface area (Å²) in [5.41, 5.74) is 0.935. The summed E-state index contributed by atoms with van der Waals surface area (Å²) in [4.78, 5) is 11.3. The number of ether oxygens (including phenoxy) is 2. The number of rotatable bonds is 7. The third-order valence-corrected chi connectivity index (χ3v) is 3.53. The van der Waals surface area contributed by atoms with E-state index in [2.05, 4.69) is 20.2 Å². The van der Waals surface area contributed by atoms with E-state index >= 15 is 0 Å². The monoisotopic (exact) mass is 280 g/mol. The molecule has 112 valence electrons. The van der Waals surface area contributed by atoms with Gasteiger partial charge in [-0.3, -0.25) is 0 Å². The first-order valence-corrected chi connectivity index (χ1v) is 7.10. The first kappa shape index (κ1) is 15.0. The highest BCUT2D eigenvalue weighted by atomic mass is 16.5. The minimum absolute atomic E-state index is 0.443. The Bertz CT molecular complexity index is 428. The zero-order valence-electron chi connectivity index (χ0n) is 12.6. The summed E-state index contributed by atoms with van der Waals surface area (Å²) < 4.78 is 10.3. The van der Waals surface area contributed by atoms with Crippen LogP contribution in [0.2, 0.25) is 0 Å². The molecule has 20 heavy (non-hydrogen) atoms. The van der Waals surface area contributed by atoms with Gasteiger partial charge in [0.05, 0.1) is 13.7 Å². The third-order valence-electron chi connectivity index (χ3n) is 3.53. The van der Waals surface area contributed by atoms with Gasteiger partial charge >= 0.3 is 0 Å². The Morgan fingerprint density at radius 1 is 1.40 bits per heavy atom. The van der Waals surface area contributed by atoms with E-state index < -0.39 is 0 Å². The van der Waals surface area contributed by atoms with Crippen molar-refractivity contribution in [2.24, 2.45) is 0 Å². The number of nitrogens with zero attached hydrogens (tertiary/aromatic N) is 3. The van der Waals surface area contributed by atoms with E-state index in [1.165, 1.54) is 12.8 Å². The fraction of sp³-hybridized carbons (Fsp3) is 0.714. The van der Waals surface area contributed by atoms with E-state index in [1.54, 1.807) is 14.2 Å². The summed E-state index contributed by atoms with van der Waals surface area (Å²) in [6, 6.07) is 2.30. The Labute approximate surface area is 120 Å². The van der Waals surface area contributed by atoms with Crippen LogP contribution in [0.3, 0.4) is 0 Å². The molecule has 1 saturated heterocycles. The molecule has 0 spiro atoms. The lowest BCUT2D eigenvalue weighted by atomic mass is 10.2. The maximum absolute atomic E-state index is 5.23. The van der Waals surface area contributed by atoms with Gasteiger partial charge in [0.25, 0.3) is 0 Å². The molecule has 1 unspecified atom stereocenters. The van der Waals surface area contributed by atoms with Gasteiger partial charge in [0, 0.05) is 44.5 Å². The largest absolute Gasteiger partial charge is 0.481 e. The number of hydrogen-bond donors (Lipinski definition) is 1. The molecule has 0 amide bonds. The molecule has 1 aliphatic rings. The highest BCUT2D eigenvalue weighted by Crippen LogP contribution is 2.24. The van der Waals surface area contributed by atoms with Crippen molar-refractivity contribution in [2.45, 2.75) is 25.8 Å². The van der Waals surface area contributed by atoms with Gasteiger partial charge < -0.3 is 19.7 Å². The first-order chi connectivity index (χ1) is 9.74. The first-order valence-electron chi connectivity index (χ1n) is 7.10. The molecule has 1 aliphatic heterocycles. The minimum atomic E-state index is 0.443. The van der Waals surface area contributed by atoms with Gasteiger partial charge in [-0.25, -0.2) is 4.98 Å². The molecule has 1 aromatic rings. The van der Waals surface area contributed by atoms with E-state index in [4.69, 9.17) is 9.47 Å². The summed E-state index contributed by atoms with van der Waals surface area (Å²) in [7, 11) is 3.36. The third kappa shape index (κ3) is 3.80. The molecular weight excluding hydrogens is 256 g/mol. The fourth-order valence-corrected chi connectivity index (χ4v) is 2.51. The topological polar surface area (TPSA) is 59.5 Å². The van der Waals surface area contributed by atoms with Crippen molar-refractivity contribution >= 4 is 5.95 Å². The molecule has 6 heteroatoms. The summed E-state index contributed by atoms with van der Waals surface area (Å²) in [6.07, 6.45) is 2.34. The van der Waals surface area contributed by atoms with Crippen LogP contribution in [0.1, 0.15) is 18.5 Å². The van der Waals surface area contributed by atoms with E-state index in [0.29, 0.717) is 11.9 Å². The minimum Gasteiger partial charge on any atom is -0.481 e. The van der Waals surface area contributed by atoms with Gasteiger partial charge in [0.1, 0.15) is 0 Å². The van der Waals surface area contributed by atoms with Gasteiger partial charge in [-0.1, -0.05) is 0 Å². The molecule has 0 saturated carbocycles. The predicted molar refractivity (Wildman–Crippen MR) is 78.4 cm³/mol.